The van der Waals surface area contributed by atoms with Crippen molar-refractivity contribution in [2.24, 2.45) is 5.41 Å². The van der Waals surface area contributed by atoms with Gasteiger partial charge in [-0.25, -0.2) is 4.98 Å². The van der Waals surface area contributed by atoms with Crippen molar-refractivity contribution in [2.75, 3.05) is 38.7 Å². The molecule has 0 radical (unpaired) electrons. The van der Waals surface area contributed by atoms with Crippen molar-refractivity contribution in [3.63, 3.8) is 0 Å². The minimum Gasteiger partial charge on any atom is -0.396 e. The Morgan fingerprint density at radius 1 is 1.31 bits per heavy atom. The van der Waals surface area contributed by atoms with Gasteiger partial charge in [-0.2, -0.15) is 0 Å². The second-order valence-electron chi connectivity index (χ2n) is 7.56. The highest BCUT2D eigenvalue weighted by Crippen LogP contribution is 2.37. The molecule has 3 rings (SSSR count). The highest BCUT2D eigenvalue weighted by Gasteiger charge is 2.35. The Morgan fingerprint density at radius 3 is 2.73 bits per heavy atom. The van der Waals surface area contributed by atoms with E-state index in [1.807, 2.05) is 19.0 Å². The van der Waals surface area contributed by atoms with Crippen LogP contribution in [0, 0.1) is 5.41 Å². The van der Waals surface area contributed by atoms with Crippen molar-refractivity contribution < 1.29 is 5.11 Å². The largest absolute Gasteiger partial charge is 0.396 e. The minimum absolute atomic E-state index is 0.0182. The molecule has 1 aromatic carbocycles. The molecule has 0 amide bonds. The first-order valence-corrected chi connectivity index (χ1v) is 10.4. The molecule has 1 aliphatic rings. The van der Waals surface area contributed by atoms with Gasteiger partial charge in [-0.3, -0.25) is 4.90 Å². The summed E-state index contributed by atoms with van der Waals surface area (Å²) < 4.78 is 0. The molecule has 6 heteroatoms. The Morgan fingerprint density at radius 2 is 2.08 bits per heavy atom. The normalized spacial score (nSPS) is 21.1. The molecule has 0 bridgehead atoms. The van der Waals surface area contributed by atoms with E-state index in [9.17, 15) is 5.11 Å². The van der Waals surface area contributed by atoms with Crippen LogP contribution in [0.3, 0.4) is 0 Å². The average Bonchev–Trinajstić information content (AvgIpc) is 3.02. The molecule has 1 saturated heterocycles. The molecule has 26 heavy (non-hydrogen) atoms. The first-order chi connectivity index (χ1) is 12.5. The standard InChI is InChI=1S/C20H28ClN3OS/c1-23(2)19-22-18(21)17(26-19)13-24-12-6-10-20(14-24,15-25)11-9-16-7-4-3-5-8-16/h3-5,7-8,25H,6,9-15H2,1-2H3. The fourth-order valence-corrected chi connectivity index (χ4v) is 4.95. The second kappa shape index (κ2) is 8.70. The van der Waals surface area contributed by atoms with E-state index >= 15 is 0 Å². The van der Waals surface area contributed by atoms with Crippen LogP contribution in [-0.2, 0) is 13.0 Å². The number of halogens is 1. The maximum Gasteiger partial charge on any atom is 0.186 e. The number of likely N-dealkylation sites (tertiary alicyclic amines) is 1. The molecule has 0 aliphatic carbocycles. The summed E-state index contributed by atoms with van der Waals surface area (Å²) in [7, 11) is 3.97. The Kier molecular flexibility index (Phi) is 6.56. The summed E-state index contributed by atoms with van der Waals surface area (Å²) in [6, 6.07) is 10.6. The van der Waals surface area contributed by atoms with Crippen LogP contribution in [0.1, 0.15) is 29.7 Å². The first kappa shape index (κ1) is 19.6. The SMILES string of the molecule is CN(C)c1nc(Cl)c(CN2CCCC(CO)(CCc3ccccc3)C2)s1. The van der Waals surface area contributed by atoms with Gasteiger partial charge in [-0.1, -0.05) is 53.3 Å². The maximum absolute atomic E-state index is 10.2. The van der Waals surface area contributed by atoms with Crippen molar-refractivity contribution in [1.82, 2.24) is 9.88 Å². The number of hydrogen-bond acceptors (Lipinski definition) is 5. The lowest BCUT2D eigenvalue weighted by atomic mass is 9.76. The third-order valence-electron chi connectivity index (χ3n) is 5.25. The number of hydrogen-bond donors (Lipinski definition) is 1. The predicted octanol–water partition coefficient (Wildman–Crippen LogP) is 4.07. The topological polar surface area (TPSA) is 39.6 Å². The van der Waals surface area contributed by atoms with E-state index in [0.29, 0.717) is 5.15 Å². The van der Waals surface area contributed by atoms with E-state index < -0.39 is 0 Å². The molecule has 1 aromatic heterocycles. The zero-order valence-electron chi connectivity index (χ0n) is 15.6. The summed E-state index contributed by atoms with van der Waals surface area (Å²) in [6.07, 6.45) is 4.24. The highest BCUT2D eigenvalue weighted by molar-refractivity contribution is 7.16. The molecule has 2 heterocycles. The maximum atomic E-state index is 10.2. The van der Waals surface area contributed by atoms with Crippen molar-refractivity contribution in [1.29, 1.82) is 0 Å². The van der Waals surface area contributed by atoms with Gasteiger partial charge in [0.15, 0.2) is 5.13 Å². The lowest BCUT2D eigenvalue weighted by Gasteiger charge is -2.42. The van der Waals surface area contributed by atoms with Crippen LogP contribution in [0.4, 0.5) is 5.13 Å². The Balaban J connectivity index is 1.65. The fourth-order valence-electron chi connectivity index (χ4n) is 3.72. The highest BCUT2D eigenvalue weighted by atomic mass is 35.5. The summed E-state index contributed by atoms with van der Waals surface area (Å²) >= 11 is 8.01. The molecule has 1 atom stereocenters. The number of aromatic nitrogens is 1. The van der Waals surface area contributed by atoms with Gasteiger partial charge < -0.3 is 10.0 Å². The van der Waals surface area contributed by atoms with Crippen LogP contribution in [0.5, 0.6) is 0 Å². The predicted molar refractivity (Wildman–Crippen MR) is 110 cm³/mol. The Hall–Kier alpha value is -1.14. The number of aryl methyl sites for hydroxylation is 1. The number of piperidine rings is 1. The van der Waals surface area contributed by atoms with Crippen LogP contribution in [0.2, 0.25) is 5.15 Å². The van der Waals surface area contributed by atoms with Crippen LogP contribution in [0.25, 0.3) is 0 Å². The van der Waals surface area contributed by atoms with Crippen molar-refractivity contribution in [2.45, 2.75) is 32.2 Å². The molecule has 4 nitrogen and oxygen atoms in total. The zero-order chi connectivity index (χ0) is 18.6. The molecular weight excluding hydrogens is 366 g/mol. The average molecular weight is 394 g/mol. The first-order valence-electron chi connectivity index (χ1n) is 9.21. The number of aliphatic hydroxyl groups is 1. The minimum atomic E-state index is -0.0182. The summed E-state index contributed by atoms with van der Waals surface area (Å²) in [5.41, 5.74) is 1.33. The Bertz CT molecular complexity index is 706. The van der Waals surface area contributed by atoms with E-state index in [1.165, 1.54) is 5.56 Å². The molecule has 142 valence electrons. The van der Waals surface area contributed by atoms with Gasteiger partial charge in [0.05, 0.1) is 4.88 Å². The van der Waals surface area contributed by atoms with Gasteiger partial charge in [0.1, 0.15) is 5.15 Å². The van der Waals surface area contributed by atoms with E-state index in [1.54, 1.807) is 11.3 Å². The molecule has 1 N–H and O–H groups in total. The molecule has 1 fully saturated rings. The van der Waals surface area contributed by atoms with E-state index in [4.69, 9.17) is 11.6 Å². The van der Waals surface area contributed by atoms with E-state index in [2.05, 4.69) is 40.2 Å². The molecule has 0 spiro atoms. The van der Waals surface area contributed by atoms with Crippen LogP contribution in [-0.4, -0.2) is 48.8 Å². The number of rotatable bonds is 7. The summed E-state index contributed by atoms with van der Waals surface area (Å²) in [5.74, 6) is 0. The monoisotopic (exact) mass is 393 g/mol. The van der Waals surface area contributed by atoms with Gasteiger partial charge in [0.2, 0.25) is 0 Å². The summed E-state index contributed by atoms with van der Waals surface area (Å²) in [4.78, 5) is 9.99. The number of anilines is 1. The number of thiazole rings is 1. The van der Waals surface area contributed by atoms with Gasteiger partial charge >= 0.3 is 0 Å². The molecule has 0 saturated carbocycles. The summed E-state index contributed by atoms with van der Waals surface area (Å²) in [5, 5.41) is 11.7. The quantitative estimate of drug-likeness (QED) is 0.769. The lowest BCUT2D eigenvalue weighted by molar-refractivity contribution is 0.0228. The van der Waals surface area contributed by atoms with Gasteiger partial charge in [-0.15, -0.1) is 0 Å². The number of aliphatic hydroxyl groups excluding tert-OH is 1. The zero-order valence-corrected chi connectivity index (χ0v) is 17.2. The second-order valence-corrected chi connectivity index (χ2v) is 8.98. The van der Waals surface area contributed by atoms with Crippen LogP contribution < -0.4 is 4.90 Å². The van der Waals surface area contributed by atoms with Gasteiger partial charge in [-0.05, 0) is 37.8 Å². The van der Waals surface area contributed by atoms with Crippen molar-refractivity contribution in [3.05, 3.63) is 45.9 Å². The smallest absolute Gasteiger partial charge is 0.186 e. The van der Waals surface area contributed by atoms with Gasteiger partial charge in [0, 0.05) is 39.2 Å². The number of nitrogens with zero attached hydrogens (tertiary/aromatic N) is 3. The van der Waals surface area contributed by atoms with Crippen molar-refractivity contribution in [3.8, 4) is 0 Å². The van der Waals surface area contributed by atoms with Crippen LogP contribution in [0.15, 0.2) is 30.3 Å². The van der Waals surface area contributed by atoms with Crippen molar-refractivity contribution >= 4 is 28.1 Å². The third-order valence-corrected chi connectivity index (χ3v) is 6.88. The van der Waals surface area contributed by atoms with Crippen LogP contribution >= 0.6 is 22.9 Å². The third kappa shape index (κ3) is 4.77. The molecule has 2 aromatic rings. The molecule has 1 unspecified atom stereocenters. The fraction of sp³-hybridized carbons (Fsp3) is 0.550. The number of benzene rings is 1. The van der Waals surface area contributed by atoms with E-state index in [0.717, 1.165) is 55.3 Å². The molecular formula is C20H28ClN3OS. The Labute approximate surface area is 165 Å². The van der Waals surface area contributed by atoms with Gasteiger partial charge in [0.25, 0.3) is 0 Å². The molecule has 1 aliphatic heterocycles. The lowest BCUT2D eigenvalue weighted by Crippen LogP contribution is -2.45. The summed E-state index contributed by atoms with van der Waals surface area (Å²) in [6.45, 7) is 3.04. The van der Waals surface area contributed by atoms with E-state index in [-0.39, 0.29) is 12.0 Å².